The molecule has 1 amide bonds. The van der Waals surface area contributed by atoms with E-state index < -0.39 is 23.1 Å². The monoisotopic (exact) mass is 433 g/mol. The molecule has 3 aromatic rings. The van der Waals surface area contributed by atoms with Gasteiger partial charge in [0.15, 0.2) is 11.5 Å². The van der Waals surface area contributed by atoms with Gasteiger partial charge in [-0.05, 0) is 18.2 Å². The maximum absolute atomic E-state index is 13.3. The van der Waals surface area contributed by atoms with E-state index in [2.05, 4.69) is 10.1 Å². The van der Waals surface area contributed by atoms with E-state index in [0.717, 1.165) is 5.56 Å². The molecule has 1 aliphatic heterocycles. The lowest BCUT2D eigenvalue weighted by Gasteiger charge is -2.29. The number of aliphatic hydroxyl groups excluding tert-OH is 1. The number of Topliss-reactive ketones (excluding diaryl/α,β-unsaturated/α-hetero) is 1. The van der Waals surface area contributed by atoms with Crippen molar-refractivity contribution in [1.82, 2.24) is 10.1 Å². The first-order valence-corrected chi connectivity index (χ1v) is 10.0. The molecule has 0 fully saturated rings. The van der Waals surface area contributed by atoms with Crippen molar-refractivity contribution in [3.8, 4) is 17.0 Å². The molecular weight excluding hydrogens is 410 g/mol. The first kappa shape index (κ1) is 21.3. The van der Waals surface area contributed by atoms with Crippen LogP contribution in [0.1, 0.15) is 32.4 Å². The van der Waals surface area contributed by atoms with Gasteiger partial charge in [0.25, 0.3) is 5.91 Å². The molecule has 8 nitrogen and oxygen atoms in total. The van der Waals surface area contributed by atoms with Crippen LogP contribution in [0, 0.1) is 5.41 Å². The van der Waals surface area contributed by atoms with Crippen LogP contribution in [0.25, 0.3) is 11.3 Å². The molecule has 0 saturated heterocycles. The first-order valence-electron chi connectivity index (χ1n) is 10.0. The van der Waals surface area contributed by atoms with Crippen LogP contribution in [0.4, 0.5) is 5.69 Å². The zero-order valence-electron chi connectivity index (χ0n) is 18.2. The number of aromatic nitrogens is 2. The van der Waals surface area contributed by atoms with E-state index in [1.165, 1.54) is 18.3 Å². The molecule has 0 bridgehead atoms. The molecule has 2 aromatic heterocycles. The summed E-state index contributed by atoms with van der Waals surface area (Å²) in [5, 5.41) is 14.7. The Kier molecular flexibility index (Phi) is 5.30. The van der Waals surface area contributed by atoms with Gasteiger partial charge in [0.2, 0.25) is 0 Å². The molecule has 1 atom stereocenters. The molecule has 0 radical (unpaired) electrons. The zero-order valence-corrected chi connectivity index (χ0v) is 18.2. The van der Waals surface area contributed by atoms with Crippen molar-refractivity contribution in [3.63, 3.8) is 0 Å². The molecule has 1 aromatic carbocycles. The van der Waals surface area contributed by atoms with Gasteiger partial charge in [-0.3, -0.25) is 19.5 Å². The minimum atomic E-state index is -0.893. The Morgan fingerprint density at radius 3 is 2.47 bits per heavy atom. The number of hydrogen-bond donors (Lipinski definition) is 1. The van der Waals surface area contributed by atoms with E-state index in [4.69, 9.17) is 9.26 Å². The minimum Gasteiger partial charge on any atom is -0.503 e. The normalized spacial score (nSPS) is 16.6. The van der Waals surface area contributed by atoms with Gasteiger partial charge in [0, 0.05) is 40.7 Å². The number of nitrogens with zero attached hydrogens (tertiary/aromatic N) is 3. The van der Waals surface area contributed by atoms with Crippen molar-refractivity contribution in [2.75, 3.05) is 12.0 Å². The highest BCUT2D eigenvalue weighted by Gasteiger charge is 2.47. The molecule has 0 saturated carbocycles. The summed E-state index contributed by atoms with van der Waals surface area (Å²) in [6.45, 7) is 5.23. The van der Waals surface area contributed by atoms with Gasteiger partial charge in [-0.1, -0.05) is 38.1 Å². The second kappa shape index (κ2) is 7.96. The van der Waals surface area contributed by atoms with Crippen LogP contribution >= 0.6 is 0 Å². The van der Waals surface area contributed by atoms with Crippen molar-refractivity contribution < 1.29 is 24.0 Å². The van der Waals surface area contributed by atoms with Gasteiger partial charge in [-0.15, -0.1) is 0 Å². The summed E-state index contributed by atoms with van der Waals surface area (Å²) in [5.74, 6) is -1.11. The number of methoxy groups -OCH3 is 1. The Morgan fingerprint density at radius 2 is 1.88 bits per heavy atom. The molecule has 1 aliphatic rings. The van der Waals surface area contributed by atoms with Crippen LogP contribution in [-0.2, 0) is 9.59 Å². The molecule has 32 heavy (non-hydrogen) atoms. The van der Waals surface area contributed by atoms with Crippen LogP contribution in [0.5, 0.6) is 5.75 Å². The zero-order chi connectivity index (χ0) is 23.0. The van der Waals surface area contributed by atoms with E-state index in [-0.39, 0.29) is 11.4 Å². The van der Waals surface area contributed by atoms with Gasteiger partial charge in [-0.2, -0.15) is 0 Å². The number of carbonyl (C=O) groups is 2. The van der Waals surface area contributed by atoms with Crippen LogP contribution in [0.3, 0.4) is 0 Å². The van der Waals surface area contributed by atoms with E-state index in [1.807, 2.05) is 0 Å². The predicted molar refractivity (Wildman–Crippen MR) is 117 cm³/mol. The van der Waals surface area contributed by atoms with Crippen LogP contribution in [0.15, 0.2) is 70.9 Å². The fraction of sp³-hybridized carbons (Fsp3) is 0.250. The Balaban J connectivity index is 1.86. The van der Waals surface area contributed by atoms with E-state index in [1.54, 1.807) is 69.6 Å². The number of rotatable bonds is 5. The molecular formula is C24H23N3O5. The number of carbonyl (C=O) groups excluding carboxylic acids is 2. The molecule has 0 aliphatic carbocycles. The van der Waals surface area contributed by atoms with Crippen LogP contribution in [0.2, 0.25) is 0 Å². The van der Waals surface area contributed by atoms with Gasteiger partial charge in [-0.25, -0.2) is 0 Å². The Morgan fingerprint density at radius 1 is 1.16 bits per heavy atom. The van der Waals surface area contributed by atoms with Gasteiger partial charge in [0.1, 0.15) is 23.7 Å². The first-order chi connectivity index (χ1) is 15.2. The van der Waals surface area contributed by atoms with Crippen molar-refractivity contribution in [2.24, 2.45) is 5.41 Å². The molecule has 164 valence electrons. The van der Waals surface area contributed by atoms with E-state index in [0.29, 0.717) is 22.7 Å². The predicted octanol–water partition coefficient (Wildman–Crippen LogP) is 4.26. The maximum Gasteiger partial charge on any atom is 0.294 e. The Bertz CT molecular complexity index is 1190. The number of pyridine rings is 1. The average Bonchev–Trinajstić information content (AvgIpc) is 3.40. The Hall–Kier alpha value is -3.94. The number of benzene rings is 1. The largest absolute Gasteiger partial charge is 0.503 e. The minimum absolute atomic E-state index is 0.0226. The Labute approximate surface area is 185 Å². The fourth-order valence-corrected chi connectivity index (χ4v) is 3.74. The lowest BCUT2D eigenvalue weighted by atomic mass is 9.82. The lowest BCUT2D eigenvalue weighted by Crippen LogP contribution is -2.33. The van der Waals surface area contributed by atoms with E-state index >= 15 is 0 Å². The summed E-state index contributed by atoms with van der Waals surface area (Å²) in [6.07, 6.45) is 4.58. The smallest absolute Gasteiger partial charge is 0.294 e. The SMILES string of the molecule is COc1ccncc1C1C(C(=O)C(C)(C)C)=C(O)C(=O)N1c1ccc(-c2ccon2)cc1. The maximum atomic E-state index is 13.3. The van der Waals surface area contributed by atoms with Gasteiger partial charge < -0.3 is 14.4 Å². The highest BCUT2D eigenvalue weighted by molar-refractivity contribution is 6.17. The van der Waals surface area contributed by atoms with Crippen molar-refractivity contribution >= 4 is 17.4 Å². The van der Waals surface area contributed by atoms with Crippen molar-refractivity contribution in [3.05, 3.63) is 72.0 Å². The number of hydrogen-bond acceptors (Lipinski definition) is 7. The highest BCUT2D eigenvalue weighted by Crippen LogP contribution is 2.45. The van der Waals surface area contributed by atoms with Crippen LogP contribution < -0.4 is 9.64 Å². The summed E-state index contributed by atoms with van der Waals surface area (Å²) < 4.78 is 10.4. The molecule has 3 heterocycles. The summed E-state index contributed by atoms with van der Waals surface area (Å²) >= 11 is 0. The third-order valence-electron chi connectivity index (χ3n) is 5.34. The van der Waals surface area contributed by atoms with Crippen LogP contribution in [-0.4, -0.2) is 34.0 Å². The topological polar surface area (TPSA) is 106 Å². The number of aliphatic hydroxyl groups is 1. The quantitative estimate of drug-likeness (QED) is 0.641. The highest BCUT2D eigenvalue weighted by atomic mass is 16.5. The molecule has 8 heteroatoms. The van der Waals surface area contributed by atoms with Crippen molar-refractivity contribution in [2.45, 2.75) is 26.8 Å². The van der Waals surface area contributed by atoms with Gasteiger partial charge in [0.05, 0.1) is 12.7 Å². The van der Waals surface area contributed by atoms with E-state index in [9.17, 15) is 14.7 Å². The summed E-state index contributed by atoms with van der Waals surface area (Å²) in [6, 6.07) is 9.53. The van der Waals surface area contributed by atoms with Crippen molar-refractivity contribution in [1.29, 1.82) is 0 Å². The third-order valence-corrected chi connectivity index (χ3v) is 5.34. The second-order valence-electron chi connectivity index (χ2n) is 8.47. The molecule has 4 rings (SSSR count). The summed E-state index contributed by atoms with van der Waals surface area (Å²) in [7, 11) is 1.50. The number of ketones is 1. The number of amides is 1. The number of anilines is 1. The third kappa shape index (κ3) is 3.53. The molecule has 1 unspecified atom stereocenters. The fourth-order valence-electron chi connectivity index (χ4n) is 3.74. The summed E-state index contributed by atoms with van der Waals surface area (Å²) in [4.78, 5) is 32.1. The summed E-state index contributed by atoms with van der Waals surface area (Å²) in [5.41, 5.74) is 1.66. The number of ether oxygens (including phenoxy) is 1. The average molecular weight is 433 g/mol. The van der Waals surface area contributed by atoms with Gasteiger partial charge >= 0.3 is 0 Å². The second-order valence-corrected chi connectivity index (χ2v) is 8.47. The molecule has 1 N–H and O–H groups in total. The molecule has 0 spiro atoms. The lowest BCUT2D eigenvalue weighted by molar-refractivity contribution is -0.123. The standard InChI is InChI=1S/C24H23N3O5/c1-24(2,3)22(29)19-20(16-13-25-11-9-18(16)31-4)27(23(30)21(19)28)15-7-5-14(6-8-15)17-10-12-32-26-17/h5-13,20,28H,1-4H3.